The molecule has 3 rings (SSSR count). The van der Waals surface area contributed by atoms with Gasteiger partial charge in [0.1, 0.15) is 29.2 Å². The van der Waals surface area contributed by atoms with Crippen molar-refractivity contribution in [1.82, 2.24) is 0 Å². The molecule has 2 aromatic carbocycles. The zero-order valence-electron chi connectivity index (χ0n) is 11.5. The Hall–Kier alpha value is -2.14. The van der Waals surface area contributed by atoms with Gasteiger partial charge in [0.05, 0.1) is 12.7 Å². The van der Waals surface area contributed by atoms with Crippen molar-refractivity contribution in [2.24, 2.45) is 5.73 Å². The van der Waals surface area contributed by atoms with Gasteiger partial charge in [-0.1, -0.05) is 12.1 Å². The fourth-order valence-electron chi connectivity index (χ4n) is 2.60. The minimum atomic E-state index is -0.749. The Bertz CT molecular complexity index is 655. The molecule has 2 N–H and O–H groups in total. The molecule has 0 amide bonds. The monoisotopic (exact) mass is 291 g/mol. The van der Waals surface area contributed by atoms with Crippen LogP contribution in [0.1, 0.15) is 29.7 Å². The van der Waals surface area contributed by atoms with Crippen LogP contribution >= 0.6 is 0 Å². The Labute approximate surface area is 121 Å². The van der Waals surface area contributed by atoms with Gasteiger partial charge in [-0.15, -0.1) is 0 Å². The molecule has 0 aromatic heterocycles. The summed E-state index contributed by atoms with van der Waals surface area (Å²) in [6.45, 7) is 0. The fraction of sp³-hybridized carbons (Fsp3) is 0.250. The lowest BCUT2D eigenvalue weighted by Crippen LogP contribution is -2.25. The molecule has 3 nitrogen and oxygen atoms in total. The molecule has 0 saturated carbocycles. The van der Waals surface area contributed by atoms with Crippen molar-refractivity contribution in [3.63, 3.8) is 0 Å². The summed E-state index contributed by atoms with van der Waals surface area (Å²) in [5.41, 5.74) is 6.83. The van der Waals surface area contributed by atoms with Crippen molar-refractivity contribution in [2.45, 2.75) is 18.6 Å². The van der Waals surface area contributed by atoms with Crippen molar-refractivity contribution in [3.05, 3.63) is 59.2 Å². The molecule has 2 aromatic rings. The maximum atomic E-state index is 13.9. The molecule has 110 valence electrons. The molecule has 0 spiro atoms. The van der Waals surface area contributed by atoms with Gasteiger partial charge < -0.3 is 15.2 Å². The van der Waals surface area contributed by atoms with Gasteiger partial charge in [-0.25, -0.2) is 8.78 Å². The predicted octanol–water partition coefficient (Wildman–Crippen LogP) is 3.50. The number of hydrogen-bond acceptors (Lipinski definition) is 3. The first kappa shape index (κ1) is 13.8. The van der Waals surface area contributed by atoms with Crippen LogP contribution in [0.4, 0.5) is 8.78 Å². The quantitative estimate of drug-likeness (QED) is 0.921. The van der Waals surface area contributed by atoms with Crippen LogP contribution < -0.4 is 15.2 Å². The molecular formula is C16H15F2NO2. The molecule has 2 atom stereocenters. The first-order valence-electron chi connectivity index (χ1n) is 6.64. The second-order valence-electron chi connectivity index (χ2n) is 4.99. The highest BCUT2D eigenvalue weighted by molar-refractivity contribution is 5.44. The lowest BCUT2D eigenvalue weighted by Gasteiger charge is -2.31. The standard InChI is InChI=1S/C16H15F2NO2/c1-20-9-5-6-10-13(19)8-15(21-14(10)7-9)16-11(17)3-2-4-12(16)18/h2-7,13,15H,8,19H2,1H3. The number of hydrogen-bond donors (Lipinski definition) is 1. The van der Waals surface area contributed by atoms with Crippen LogP contribution in [0.5, 0.6) is 11.5 Å². The first-order valence-corrected chi connectivity index (χ1v) is 6.64. The third-order valence-corrected chi connectivity index (χ3v) is 3.68. The van der Waals surface area contributed by atoms with E-state index in [9.17, 15) is 8.78 Å². The number of benzene rings is 2. The lowest BCUT2D eigenvalue weighted by molar-refractivity contribution is 0.152. The Morgan fingerprint density at radius 1 is 1.19 bits per heavy atom. The number of nitrogens with two attached hydrogens (primary N) is 1. The SMILES string of the molecule is COc1ccc2c(c1)OC(c1c(F)cccc1F)CC2N. The topological polar surface area (TPSA) is 44.5 Å². The minimum Gasteiger partial charge on any atom is -0.497 e. The predicted molar refractivity (Wildman–Crippen MR) is 74.3 cm³/mol. The normalized spacial score (nSPS) is 20.6. The minimum absolute atomic E-state index is 0.0820. The van der Waals surface area contributed by atoms with Crippen LogP contribution in [0.2, 0.25) is 0 Å². The van der Waals surface area contributed by atoms with Gasteiger partial charge in [0, 0.05) is 24.1 Å². The zero-order chi connectivity index (χ0) is 15.0. The number of halogens is 2. The molecule has 1 aliphatic rings. The number of rotatable bonds is 2. The van der Waals surface area contributed by atoms with Gasteiger partial charge in [-0.3, -0.25) is 0 Å². The van der Waals surface area contributed by atoms with E-state index in [0.29, 0.717) is 17.9 Å². The molecule has 5 heteroatoms. The van der Waals surface area contributed by atoms with Crippen LogP contribution in [0.25, 0.3) is 0 Å². The second kappa shape index (κ2) is 5.33. The number of fused-ring (bicyclic) bond motifs is 1. The van der Waals surface area contributed by atoms with Crippen LogP contribution in [-0.4, -0.2) is 7.11 Å². The summed E-state index contributed by atoms with van der Waals surface area (Å²) >= 11 is 0. The van der Waals surface area contributed by atoms with E-state index in [-0.39, 0.29) is 11.6 Å². The Kier molecular flexibility index (Phi) is 3.51. The third-order valence-electron chi connectivity index (χ3n) is 3.68. The Morgan fingerprint density at radius 3 is 2.57 bits per heavy atom. The number of ether oxygens (including phenoxy) is 2. The summed E-state index contributed by atoms with van der Waals surface area (Å²) in [5, 5.41) is 0. The molecule has 0 aliphatic carbocycles. The zero-order valence-corrected chi connectivity index (χ0v) is 11.5. The van der Waals surface area contributed by atoms with E-state index in [0.717, 1.165) is 5.56 Å². The van der Waals surface area contributed by atoms with Crippen LogP contribution in [0, 0.1) is 11.6 Å². The summed E-state index contributed by atoms with van der Waals surface area (Å²) < 4.78 is 38.7. The molecule has 1 aliphatic heterocycles. The van der Waals surface area contributed by atoms with E-state index in [1.54, 1.807) is 19.2 Å². The fourth-order valence-corrected chi connectivity index (χ4v) is 2.60. The molecule has 21 heavy (non-hydrogen) atoms. The maximum Gasteiger partial charge on any atom is 0.133 e. The van der Waals surface area contributed by atoms with Gasteiger partial charge in [-0.05, 0) is 18.2 Å². The third kappa shape index (κ3) is 2.45. The average molecular weight is 291 g/mol. The van der Waals surface area contributed by atoms with Crippen molar-refractivity contribution in [2.75, 3.05) is 7.11 Å². The summed E-state index contributed by atoms with van der Waals surface area (Å²) in [7, 11) is 1.54. The summed E-state index contributed by atoms with van der Waals surface area (Å²) in [6, 6.07) is 8.69. The Balaban J connectivity index is 2.01. The second-order valence-corrected chi connectivity index (χ2v) is 4.99. The summed E-state index contributed by atoms with van der Waals surface area (Å²) in [5.74, 6) is -0.145. The smallest absolute Gasteiger partial charge is 0.133 e. The average Bonchev–Trinajstić information content (AvgIpc) is 2.46. The molecular weight excluding hydrogens is 276 g/mol. The lowest BCUT2D eigenvalue weighted by atomic mass is 9.93. The van der Waals surface area contributed by atoms with Crippen molar-refractivity contribution < 1.29 is 18.3 Å². The van der Waals surface area contributed by atoms with Crippen LogP contribution in [0.15, 0.2) is 36.4 Å². The van der Waals surface area contributed by atoms with Gasteiger partial charge in [0.25, 0.3) is 0 Å². The van der Waals surface area contributed by atoms with Gasteiger partial charge in [0.15, 0.2) is 0 Å². The largest absolute Gasteiger partial charge is 0.497 e. The van der Waals surface area contributed by atoms with E-state index in [1.165, 1.54) is 18.2 Å². The van der Waals surface area contributed by atoms with Gasteiger partial charge in [-0.2, -0.15) is 0 Å². The van der Waals surface area contributed by atoms with Crippen LogP contribution in [0.3, 0.4) is 0 Å². The van der Waals surface area contributed by atoms with E-state index in [2.05, 4.69) is 0 Å². The molecule has 0 radical (unpaired) electrons. The molecule has 0 saturated heterocycles. The van der Waals surface area contributed by atoms with Crippen LogP contribution in [-0.2, 0) is 0 Å². The maximum absolute atomic E-state index is 13.9. The number of methoxy groups -OCH3 is 1. The van der Waals surface area contributed by atoms with E-state index < -0.39 is 17.7 Å². The van der Waals surface area contributed by atoms with Gasteiger partial charge in [0.2, 0.25) is 0 Å². The highest BCUT2D eigenvalue weighted by Crippen LogP contribution is 2.42. The summed E-state index contributed by atoms with van der Waals surface area (Å²) in [4.78, 5) is 0. The summed E-state index contributed by atoms with van der Waals surface area (Å²) in [6.07, 6.45) is -0.433. The van der Waals surface area contributed by atoms with Crippen molar-refractivity contribution >= 4 is 0 Å². The van der Waals surface area contributed by atoms with Crippen molar-refractivity contribution in [1.29, 1.82) is 0 Å². The Morgan fingerprint density at radius 2 is 1.90 bits per heavy atom. The molecule has 2 unspecified atom stereocenters. The first-order chi connectivity index (χ1) is 10.1. The highest BCUT2D eigenvalue weighted by Gasteiger charge is 2.31. The molecule has 1 heterocycles. The molecule has 0 bridgehead atoms. The van der Waals surface area contributed by atoms with E-state index >= 15 is 0 Å². The van der Waals surface area contributed by atoms with E-state index in [4.69, 9.17) is 15.2 Å². The van der Waals surface area contributed by atoms with Gasteiger partial charge >= 0.3 is 0 Å². The van der Waals surface area contributed by atoms with Crippen molar-refractivity contribution in [3.8, 4) is 11.5 Å². The van der Waals surface area contributed by atoms with E-state index in [1.807, 2.05) is 6.07 Å². The molecule has 0 fully saturated rings. The highest BCUT2D eigenvalue weighted by atomic mass is 19.1.